The summed E-state index contributed by atoms with van der Waals surface area (Å²) >= 11 is 5.69. The van der Waals surface area contributed by atoms with Gasteiger partial charge in [0.2, 0.25) is 11.7 Å². The van der Waals surface area contributed by atoms with Gasteiger partial charge in [0.05, 0.1) is 0 Å². The summed E-state index contributed by atoms with van der Waals surface area (Å²) in [4.78, 5) is 4.33. The van der Waals surface area contributed by atoms with Crippen LogP contribution in [-0.4, -0.2) is 16.7 Å². The highest BCUT2D eigenvalue weighted by molar-refractivity contribution is 6.16. The van der Waals surface area contributed by atoms with Gasteiger partial charge in [-0.05, 0) is 38.5 Å². The van der Waals surface area contributed by atoms with E-state index >= 15 is 0 Å². The Balaban J connectivity index is 2.21. The van der Waals surface area contributed by atoms with Crippen molar-refractivity contribution in [1.29, 1.82) is 0 Å². The van der Waals surface area contributed by atoms with Gasteiger partial charge in [-0.15, -0.1) is 11.6 Å². The highest BCUT2D eigenvalue weighted by Crippen LogP contribution is 2.41. The molecule has 0 atom stereocenters. The standard InChI is InChI=1S/C12H19ClN2O2/c1-3-16-12(6-4-9(2)5-7-12)11-14-10(8-13)17-15-11/h9H,3-8H2,1-2H3. The van der Waals surface area contributed by atoms with E-state index in [2.05, 4.69) is 17.1 Å². The van der Waals surface area contributed by atoms with Gasteiger partial charge in [0.15, 0.2) is 0 Å². The Bertz CT molecular complexity index is 359. The maximum absolute atomic E-state index is 5.93. The average molecular weight is 259 g/mol. The predicted molar refractivity (Wildman–Crippen MR) is 64.8 cm³/mol. The lowest BCUT2D eigenvalue weighted by Gasteiger charge is -2.36. The first kappa shape index (κ1) is 12.8. The lowest BCUT2D eigenvalue weighted by atomic mass is 9.79. The fourth-order valence-corrected chi connectivity index (χ4v) is 2.54. The van der Waals surface area contributed by atoms with Crippen LogP contribution in [0.25, 0.3) is 0 Å². The SMILES string of the molecule is CCOC1(c2noc(CCl)n2)CCC(C)CC1. The van der Waals surface area contributed by atoms with Crippen molar-refractivity contribution in [3.8, 4) is 0 Å². The number of aromatic nitrogens is 2. The van der Waals surface area contributed by atoms with E-state index in [1.165, 1.54) is 0 Å². The first-order valence-electron chi connectivity index (χ1n) is 6.23. The Kier molecular flexibility index (Phi) is 4.05. The lowest BCUT2D eigenvalue weighted by Crippen LogP contribution is -2.35. The summed E-state index contributed by atoms with van der Waals surface area (Å²) in [5, 5.41) is 4.03. The second-order valence-corrected chi connectivity index (χ2v) is 5.02. The van der Waals surface area contributed by atoms with E-state index in [0.29, 0.717) is 18.3 Å². The number of halogens is 1. The van der Waals surface area contributed by atoms with Crippen LogP contribution in [0.4, 0.5) is 0 Å². The van der Waals surface area contributed by atoms with Crippen LogP contribution in [0.3, 0.4) is 0 Å². The summed E-state index contributed by atoms with van der Waals surface area (Å²) in [6.45, 7) is 4.94. The van der Waals surface area contributed by atoms with Crippen molar-refractivity contribution in [1.82, 2.24) is 10.1 Å². The number of rotatable bonds is 4. The topological polar surface area (TPSA) is 48.2 Å². The van der Waals surface area contributed by atoms with Gasteiger partial charge in [0.1, 0.15) is 11.5 Å². The summed E-state index contributed by atoms with van der Waals surface area (Å²) < 4.78 is 11.0. The van der Waals surface area contributed by atoms with Crippen molar-refractivity contribution in [2.75, 3.05) is 6.61 Å². The molecule has 96 valence electrons. The van der Waals surface area contributed by atoms with Gasteiger partial charge >= 0.3 is 0 Å². The average Bonchev–Trinajstić information content (AvgIpc) is 2.82. The molecule has 0 bridgehead atoms. The minimum absolute atomic E-state index is 0.256. The third-order valence-electron chi connectivity index (χ3n) is 3.49. The van der Waals surface area contributed by atoms with Crippen LogP contribution >= 0.6 is 11.6 Å². The summed E-state index contributed by atoms with van der Waals surface area (Å²) in [6.07, 6.45) is 4.21. The number of hydrogen-bond donors (Lipinski definition) is 0. The van der Waals surface area contributed by atoms with Crippen molar-refractivity contribution in [3.05, 3.63) is 11.7 Å². The Morgan fingerprint density at radius 2 is 2.18 bits per heavy atom. The molecule has 1 aromatic heterocycles. The number of ether oxygens (including phenoxy) is 1. The fraction of sp³-hybridized carbons (Fsp3) is 0.833. The number of hydrogen-bond acceptors (Lipinski definition) is 4. The summed E-state index contributed by atoms with van der Waals surface area (Å²) in [5.74, 6) is 2.15. The monoisotopic (exact) mass is 258 g/mol. The molecule has 0 spiro atoms. The van der Waals surface area contributed by atoms with Crippen LogP contribution in [0.15, 0.2) is 4.52 Å². The third kappa shape index (κ3) is 2.63. The van der Waals surface area contributed by atoms with E-state index in [1.807, 2.05) is 6.92 Å². The molecule has 0 unspecified atom stereocenters. The van der Waals surface area contributed by atoms with Crippen molar-refractivity contribution >= 4 is 11.6 Å². The zero-order valence-electron chi connectivity index (χ0n) is 10.4. The maximum Gasteiger partial charge on any atom is 0.241 e. The molecule has 0 amide bonds. The van der Waals surface area contributed by atoms with E-state index in [9.17, 15) is 0 Å². The Morgan fingerprint density at radius 1 is 1.47 bits per heavy atom. The molecule has 0 aromatic carbocycles. The molecule has 4 nitrogen and oxygen atoms in total. The van der Waals surface area contributed by atoms with Crippen LogP contribution < -0.4 is 0 Å². The van der Waals surface area contributed by atoms with Crippen molar-refractivity contribution in [3.63, 3.8) is 0 Å². The van der Waals surface area contributed by atoms with Gasteiger partial charge in [-0.25, -0.2) is 0 Å². The Morgan fingerprint density at radius 3 is 2.71 bits per heavy atom. The molecular formula is C12H19ClN2O2. The largest absolute Gasteiger partial charge is 0.367 e. The molecule has 1 aliphatic carbocycles. The second-order valence-electron chi connectivity index (χ2n) is 4.76. The molecule has 0 aliphatic heterocycles. The van der Waals surface area contributed by atoms with Crippen molar-refractivity contribution in [2.24, 2.45) is 5.92 Å². The fourth-order valence-electron chi connectivity index (χ4n) is 2.43. The Hall–Kier alpha value is -0.610. The molecule has 1 heterocycles. The third-order valence-corrected chi connectivity index (χ3v) is 3.72. The van der Waals surface area contributed by atoms with Gasteiger partial charge < -0.3 is 9.26 Å². The molecule has 1 saturated carbocycles. The molecule has 1 fully saturated rings. The van der Waals surface area contributed by atoms with Crippen LogP contribution in [-0.2, 0) is 16.2 Å². The molecular weight excluding hydrogens is 240 g/mol. The lowest BCUT2D eigenvalue weighted by molar-refractivity contribution is -0.0847. The van der Waals surface area contributed by atoms with Gasteiger partial charge in [-0.2, -0.15) is 4.98 Å². The minimum Gasteiger partial charge on any atom is -0.367 e. The zero-order valence-corrected chi connectivity index (χ0v) is 11.2. The van der Waals surface area contributed by atoms with Gasteiger partial charge in [-0.1, -0.05) is 12.1 Å². The molecule has 0 saturated heterocycles. The maximum atomic E-state index is 5.93. The molecule has 1 aliphatic rings. The highest BCUT2D eigenvalue weighted by Gasteiger charge is 2.40. The van der Waals surface area contributed by atoms with E-state index in [1.54, 1.807) is 0 Å². The van der Waals surface area contributed by atoms with Crippen molar-refractivity contribution < 1.29 is 9.26 Å². The van der Waals surface area contributed by atoms with Crippen LogP contribution in [0, 0.1) is 5.92 Å². The quantitative estimate of drug-likeness (QED) is 0.778. The van der Waals surface area contributed by atoms with Crippen LogP contribution in [0.2, 0.25) is 0 Å². The smallest absolute Gasteiger partial charge is 0.241 e. The normalized spacial score (nSPS) is 29.5. The molecule has 17 heavy (non-hydrogen) atoms. The summed E-state index contributed by atoms with van der Waals surface area (Å²) in [6, 6.07) is 0. The second kappa shape index (κ2) is 5.36. The van der Waals surface area contributed by atoms with E-state index in [-0.39, 0.29) is 11.5 Å². The molecule has 0 radical (unpaired) electrons. The summed E-state index contributed by atoms with van der Waals surface area (Å²) in [5.41, 5.74) is -0.352. The zero-order chi connectivity index (χ0) is 12.3. The number of nitrogens with zero attached hydrogens (tertiary/aromatic N) is 2. The van der Waals surface area contributed by atoms with Gasteiger partial charge in [-0.3, -0.25) is 0 Å². The predicted octanol–water partition coefficient (Wildman–Crippen LogP) is 3.25. The van der Waals surface area contributed by atoms with Gasteiger partial charge in [0, 0.05) is 6.61 Å². The van der Waals surface area contributed by atoms with Crippen LogP contribution in [0.5, 0.6) is 0 Å². The first-order valence-corrected chi connectivity index (χ1v) is 6.76. The Labute approximate surface area is 107 Å². The molecule has 0 N–H and O–H groups in total. The number of alkyl halides is 1. The molecule has 2 rings (SSSR count). The van der Waals surface area contributed by atoms with Crippen LogP contribution in [0.1, 0.15) is 51.2 Å². The summed E-state index contributed by atoms with van der Waals surface area (Å²) in [7, 11) is 0. The van der Waals surface area contributed by atoms with E-state index in [4.69, 9.17) is 20.9 Å². The molecule has 5 heteroatoms. The van der Waals surface area contributed by atoms with Crippen molar-refractivity contribution in [2.45, 2.75) is 51.0 Å². The van der Waals surface area contributed by atoms with E-state index in [0.717, 1.165) is 31.6 Å². The first-order chi connectivity index (χ1) is 8.20. The minimum atomic E-state index is -0.352. The van der Waals surface area contributed by atoms with E-state index < -0.39 is 0 Å². The molecule has 1 aromatic rings. The van der Waals surface area contributed by atoms with Gasteiger partial charge in [0.25, 0.3) is 0 Å². The highest BCUT2D eigenvalue weighted by atomic mass is 35.5.